The maximum absolute atomic E-state index is 8.62. The molecule has 4 aromatic rings. The van der Waals surface area contributed by atoms with E-state index in [9.17, 15) is 0 Å². The fourth-order valence-electron chi connectivity index (χ4n) is 2.93. The van der Waals surface area contributed by atoms with Gasteiger partial charge in [0.05, 0.1) is 32.3 Å². The molecule has 0 fully saturated rings. The monoisotopic (exact) mass is 484 g/mol. The van der Waals surface area contributed by atoms with E-state index < -0.39 is 0 Å². The van der Waals surface area contributed by atoms with E-state index in [0.29, 0.717) is 31.2 Å². The standard InChI is InChI=1S/C14H16N2O2.C14H12N2O2/c2*1-17-13-5-2-11(3-6-13)10-18-14-7-4-12(8-15)16-9-14/h2-7,9H,8,10,15H2,1H3;2-7,9H,10H2,1H3. The first-order valence-electron chi connectivity index (χ1n) is 11.2. The van der Waals surface area contributed by atoms with Gasteiger partial charge in [-0.15, -0.1) is 0 Å². The van der Waals surface area contributed by atoms with Crippen LogP contribution in [0.4, 0.5) is 0 Å². The SMILES string of the molecule is COc1ccc(COc2ccc(C#N)nc2)cc1.COc1ccc(COc2ccc(CN)nc2)cc1. The van der Waals surface area contributed by atoms with Gasteiger partial charge in [0, 0.05) is 6.54 Å². The molecule has 2 aromatic heterocycles. The zero-order chi connectivity index (χ0) is 25.6. The third-order valence-electron chi connectivity index (χ3n) is 4.99. The largest absolute Gasteiger partial charge is 0.497 e. The number of nitriles is 1. The lowest BCUT2D eigenvalue weighted by Gasteiger charge is -2.07. The molecule has 0 aliphatic carbocycles. The minimum Gasteiger partial charge on any atom is -0.497 e. The van der Waals surface area contributed by atoms with Crippen LogP contribution in [0, 0.1) is 11.3 Å². The first kappa shape index (κ1) is 26.0. The van der Waals surface area contributed by atoms with Gasteiger partial charge in [-0.2, -0.15) is 5.26 Å². The summed E-state index contributed by atoms with van der Waals surface area (Å²) < 4.78 is 21.3. The number of nitrogens with two attached hydrogens (primary N) is 1. The highest BCUT2D eigenvalue weighted by molar-refractivity contribution is 5.29. The minimum atomic E-state index is 0.381. The van der Waals surface area contributed by atoms with Crippen LogP contribution < -0.4 is 24.7 Å². The molecule has 0 spiro atoms. The van der Waals surface area contributed by atoms with E-state index in [1.54, 1.807) is 38.7 Å². The van der Waals surface area contributed by atoms with Crippen LogP contribution in [0.5, 0.6) is 23.0 Å². The zero-order valence-corrected chi connectivity index (χ0v) is 20.3. The Morgan fingerprint density at radius 1 is 0.667 bits per heavy atom. The summed E-state index contributed by atoms with van der Waals surface area (Å²) in [5, 5.41) is 8.62. The maximum atomic E-state index is 8.62. The first-order chi connectivity index (χ1) is 17.6. The molecule has 36 heavy (non-hydrogen) atoms. The molecule has 0 saturated heterocycles. The Hall–Kier alpha value is -4.61. The van der Waals surface area contributed by atoms with Crippen molar-refractivity contribution in [3.05, 3.63) is 108 Å². The predicted octanol–water partition coefficient (Wildman–Crippen LogP) is 4.67. The summed E-state index contributed by atoms with van der Waals surface area (Å²) in [6, 6.07) is 24.5. The summed E-state index contributed by atoms with van der Waals surface area (Å²) in [5.41, 5.74) is 8.84. The zero-order valence-electron chi connectivity index (χ0n) is 20.3. The summed E-state index contributed by atoms with van der Waals surface area (Å²) >= 11 is 0. The Morgan fingerprint density at radius 3 is 1.50 bits per heavy atom. The van der Waals surface area contributed by atoms with Crippen molar-refractivity contribution in [1.29, 1.82) is 5.26 Å². The first-order valence-corrected chi connectivity index (χ1v) is 11.2. The van der Waals surface area contributed by atoms with Gasteiger partial charge < -0.3 is 24.7 Å². The van der Waals surface area contributed by atoms with Crippen molar-refractivity contribution < 1.29 is 18.9 Å². The van der Waals surface area contributed by atoms with E-state index in [4.69, 9.17) is 29.9 Å². The third kappa shape index (κ3) is 8.31. The van der Waals surface area contributed by atoms with E-state index in [0.717, 1.165) is 34.1 Å². The Labute approximate surface area is 210 Å². The summed E-state index contributed by atoms with van der Waals surface area (Å²) in [6.07, 6.45) is 3.23. The molecule has 0 radical (unpaired) electrons. The molecule has 8 heteroatoms. The van der Waals surface area contributed by atoms with Gasteiger partial charge in [0.1, 0.15) is 48.0 Å². The molecule has 4 rings (SSSR count). The van der Waals surface area contributed by atoms with Crippen LogP contribution >= 0.6 is 0 Å². The van der Waals surface area contributed by atoms with E-state index in [1.165, 1.54) is 0 Å². The van der Waals surface area contributed by atoms with E-state index in [1.807, 2.05) is 66.7 Å². The Bertz CT molecular complexity index is 1170. The fourth-order valence-corrected chi connectivity index (χ4v) is 2.93. The quantitative estimate of drug-likeness (QED) is 0.365. The van der Waals surface area contributed by atoms with Gasteiger partial charge in [0.15, 0.2) is 0 Å². The van der Waals surface area contributed by atoms with Crippen LogP contribution in [-0.4, -0.2) is 24.2 Å². The minimum absolute atomic E-state index is 0.381. The van der Waals surface area contributed by atoms with E-state index in [2.05, 4.69) is 9.97 Å². The predicted molar refractivity (Wildman–Crippen MR) is 136 cm³/mol. The third-order valence-corrected chi connectivity index (χ3v) is 4.99. The van der Waals surface area contributed by atoms with Gasteiger partial charge >= 0.3 is 0 Å². The van der Waals surface area contributed by atoms with Crippen LogP contribution in [0.25, 0.3) is 0 Å². The lowest BCUT2D eigenvalue weighted by molar-refractivity contribution is 0.304. The molecule has 0 bridgehead atoms. The molecule has 0 saturated carbocycles. The van der Waals surface area contributed by atoms with Crippen molar-refractivity contribution in [2.24, 2.45) is 5.73 Å². The van der Waals surface area contributed by atoms with Crippen molar-refractivity contribution >= 4 is 0 Å². The van der Waals surface area contributed by atoms with Crippen LogP contribution in [0.2, 0.25) is 0 Å². The van der Waals surface area contributed by atoms with Gasteiger partial charge in [-0.1, -0.05) is 24.3 Å². The number of pyridine rings is 2. The number of aromatic nitrogens is 2. The molecule has 184 valence electrons. The molecule has 2 aromatic carbocycles. The highest BCUT2D eigenvalue weighted by Gasteiger charge is 1.99. The summed E-state index contributed by atoms with van der Waals surface area (Å²) in [5.74, 6) is 3.04. The average molecular weight is 485 g/mol. The second-order valence-electron chi connectivity index (χ2n) is 7.45. The van der Waals surface area contributed by atoms with Gasteiger partial charge in [-0.05, 0) is 59.7 Å². The molecule has 0 aliphatic rings. The normalized spacial score (nSPS) is 9.83. The fraction of sp³-hybridized carbons (Fsp3) is 0.179. The number of hydrogen-bond donors (Lipinski definition) is 1. The van der Waals surface area contributed by atoms with Crippen molar-refractivity contribution in [2.75, 3.05) is 14.2 Å². The highest BCUT2D eigenvalue weighted by atomic mass is 16.5. The van der Waals surface area contributed by atoms with E-state index in [-0.39, 0.29) is 0 Å². The highest BCUT2D eigenvalue weighted by Crippen LogP contribution is 2.16. The Morgan fingerprint density at radius 2 is 1.14 bits per heavy atom. The van der Waals surface area contributed by atoms with Crippen LogP contribution in [-0.2, 0) is 19.8 Å². The van der Waals surface area contributed by atoms with Gasteiger partial charge in [0.2, 0.25) is 0 Å². The molecule has 0 amide bonds. The second-order valence-corrected chi connectivity index (χ2v) is 7.45. The topological polar surface area (TPSA) is 113 Å². The van der Waals surface area contributed by atoms with Gasteiger partial charge in [-0.25, -0.2) is 4.98 Å². The molecular formula is C28H28N4O4. The lowest BCUT2D eigenvalue weighted by Crippen LogP contribution is -2.00. The molecule has 2 heterocycles. The van der Waals surface area contributed by atoms with Crippen LogP contribution in [0.3, 0.4) is 0 Å². The number of ether oxygens (including phenoxy) is 4. The van der Waals surface area contributed by atoms with Crippen molar-refractivity contribution in [3.8, 4) is 29.1 Å². The number of benzene rings is 2. The summed E-state index contributed by atoms with van der Waals surface area (Å²) in [7, 11) is 3.28. The van der Waals surface area contributed by atoms with Crippen molar-refractivity contribution in [2.45, 2.75) is 19.8 Å². The van der Waals surface area contributed by atoms with Crippen molar-refractivity contribution in [3.63, 3.8) is 0 Å². The Kier molecular flexibility index (Phi) is 10.1. The number of rotatable bonds is 9. The molecule has 0 unspecified atom stereocenters. The summed E-state index contributed by atoms with van der Waals surface area (Å²) in [4.78, 5) is 8.10. The second kappa shape index (κ2) is 13.9. The molecule has 0 aliphatic heterocycles. The molecule has 2 N–H and O–H groups in total. The molecular weight excluding hydrogens is 456 g/mol. The number of methoxy groups -OCH3 is 2. The maximum Gasteiger partial charge on any atom is 0.140 e. The van der Waals surface area contributed by atoms with Crippen molar-refractivity contribution in [1.82, 2.24) is 9.97 Å². The number of nitrogens with zero attached hydrogens (tertiary/aromatic N) is 3. The van der Waals surface area contributed by atoms with Gasteiger partial charge in [-0.3, -0.25) is 4.98 Å². The van der Waals surface area contributed by atoms with Crippen LogP contribution in [0.15, 0.2) is 85.2 Å². The lowest BCUT2D eigenvalue weighted by atomic mass is 10.2. The number of hydrogen-bond acceptors (Lipinski definition) is 8. The molecule has 0 atom stereocenters. The summed E-state index contributed by atoms with van der Waals surface area (Å²) in [6.45, 7) is 1.41. The van der Waals surface area contributed by atoms with E-state index >= 15 is 0 Å². The average Bonchev–Trinajstić information content (AvgIpc) is 2.96. The Balaban J connectivity index is 0.000000201. The smallest absolute Gasteiger partial charge is 0.140 e. The van der Waals surface area contributed by atoms with Crippen LogP contribution in [0.1, 0.15) is 22.5 Å². The van der Waals surface area contributed by atoms with Gasteiger partial charge in [0.25, 0.3) is 0 Å². The molecule has 8 nitrogen and oxygen atoms in total.